The number of carboxylic acids is 1. The zero-order valence-corrected chi connectivity index (χ0v) is 18.6. The van der Waals surface area contributed by atoms with Gasteiger partial charge < -0.3 is 25.1 Å². The summed E-state index contributed by atoms with van der Waals surface area (Å²) in [4.78, 5) is 22.1. The topological polar surface area (TPSA) is 123 Å². The number of ether oxygens (including phenoxy) is 1. The quantitative estimate of drug-likeness (QED) is 0.281. The van der Waals surface area contributed by atoms with Gasteiger partial charge in [0.25, 0.3) is 0 Å². The molecule has 182 valence electrons. The summed E-state index contributed by atoms with van der Waals surface area (Å²) >= 11 is 1.08. The zero-order valence-electron chi connectivity index (χ0n) is 17.7. The van der Waals surface area contributed by atoms with Crippen LogP contribution in [0.2, 0.25) is 0 Å². The summed E-state index contributed by atoms with van der Waals surface area (Å²) in [7, 11) is 0. The lowest BCUT2D eigenvalue weighted by atomic mass is 9.90. The number of nitrogens with two attached hydrogens (primary N) is 1. The van der Waals surface area contributed by atoms with E-state index >= 15 is 0 Å². The number of hydrogen-bond donors (Lipinski definition) is 3. The van der Waals surface area contributed by atoms with Crippen LogP contribution in [0.5, 0.6) is 11.5 Å². The maximum absolute atomic E-state index is 13.7. The van der Waals surface area contributed by atoms with Crippen molar-refractivity contribution in [1.29, 1.82) is 0 Å². The molecule has 11 heteroatoms. The molecule has 0 bridgehead atoms. The van der Waals surface area contributed by atoms with Crippen LogP contribution in [0.25, 0.3) is 11.0 Å². The van der Waals surface area contributed by atoms with Gasteiger partial charge in [0.05, 0.1) is 0 Å². The third-order valence-corrected chi connectivity index (χ3v) is 6.15. The molecule has 0 fully saturated rings. The Hall–Kier alpha value is -3.02. The maximum Gasteiger partial charge on any atom is 0.421 e. The molecule has 4 N–H and O–H groups in total. The normalized spacial score (nSPS) is 14.5. The average molecular weight is 497 g/mol. The first kappa shape index (κ1) is 25.6. The summed E-state index contributed by atoms with van der Waals surface area (Å²) < 4.78 is 51.9. The van der Waals surface area contributed by atoms with E-state index in [9.17, 15) is 27.9 Å². The van der Waals surface area contributed by atoms with Crippen molar-refractivity contribution in [3.8, 4) is 11.5 Å². The van der Waals surface area contributed by atoms with Crippen molar-refractivity contribution in [1.82, 2.24) is 0 Å². The van der Waals surface area contributed by atoms with Crippen LogP contribution in [-0.4, -0.2) is 39.9 Å². The van der Waals surface area contributed by atoms with Gasteiger partial charge in [0, 0.05) is 17.5 Å². The summed E-state index contributed by atoms with van der Waals surface area (Å²) in [6, 6.07) is 11.5. The number of aliphatic hydroxyl groups is 1. The third kappa shape index (κ3) is 6.10. The van der Waals surface area contributed by atoms with E-state index in [0.717, 1.165) is 23.9 Å². The SMILES string of the molecule is NC(CCSCCC(O)(c1ccc(Oc2ccc3ccc(=O)oc3c2)cc1)C(F)(F)F)C(=O)O. The van der Waals surface area contributed by atoms with Gasteiger partial charge in [0.2, 0.25) is 0 Å². The predicted octanol–water partition coefficient (Wildman–Crippen LogP) is 4.26. The number of halogens is 3. The lowest BCUT2D eigenvalue weighted by Crippen LogP contribution is -2.42. The minimum atomic E-state index is -4.93. The van der Waals surface area contributed by atoms with Gasteiger partial charge in [-0.1, -0.05) is 12.1 Å². The smallest absolute Gasteiger partial charge is 0.421 e. The van der Waals surface area contributed by atoms with Crippen LogP contribution in [0.3, 0.4) is 0 Å². The van der Waals surface area contributed by atoms with Crippen LogP contribution < -0.4 is 16.1 Å². The van der Waals surface area contributed by atoms with Crippen molar-refractivity contribution in [2.24, 2.45) is 5.73 Å². The molecule has 3 rings (SSSR count). The van der Waals surface area contributed by atoms with Crippen molar-refractivity contribution < 1.29 is 37.3 Å². The third-order valence-electron chi connectivity index (χ3n) is 5.13. The lowest BCUT2D eigenvalue weighted by Gasteiger charge is -2.31. The number of carboxylic acid groups (broad SMARTS) is 1. The molecular weight excluding hydrogens is 475 g/mol. The second-order valence-corrected chi connectivity index (χ2v) is 8.76. The Morgan fingerprint density at radius 1 is 1.06 bits per heavy atom. The number of fused-ring (bicyclic) bond motifs is 1. The fourth-order valence-electron chi connectivity index (χ4n) is 3.14. The molecule has 0 spiro atoms. The fourth-order valence-corrected chi connectivity index (χ4v) is 4.21. The number of aliphatic carboxylic acids is 1. The molecule has 0 amide bonds. The summed E-state index contributed by atoms with van der Waals surface area (Å²) in [6.45, 7) is 0. The van der Waals surface area contributed by atoms with Crippen LogP contribution in [0.15, 0.2) is 63.8 Å². The van der Waals surface area contributed by atoms with Gasteiger partial charge >= 0.3 is 17.8 Å². The molecule has 2 aromatic carbocycles. The molecule has 0 aliphatic rings. The second-order valence-electron chi connectivity index (χ2n) is 7.53. The standard InChI is InChI=1S/C23H22F3NO6S/c24-23(25,26)22(31,10-12-34-11-9-18(27)21(29)30)15-3-6-16(7-4-15)32-17-5-1-14-2-8-20(28)33-19(14)13-17/h1-8,13,18,31H,9-12,27H2,(H,29,30). The van der Waals surface area contributed by atoms with Crippen LogP contribution in [0.1, 0.15) is 18.4 Å². The first-order valence-corrected chi connectivity index (χ1v) is 11.3. The molecule has 0 aliphatic heterocycles. The molecule has 1 aromatic heterocycles. The highest BCUT2D eigenvalue weighted by molar-refractivity contribution is 7.99. The number of carbonyl (C=O) groups is 1. The average Bonchev–Trinajstić information content (AvgIpc) is 2.78. The summed E-state index contributed by atoms with van der Waals surface area (Å²) in [5, 5.41) is 19.9. The van der Waals surface area contributed by atoms with E-state index in [1.165, 1.54) is 24.3 Å². The van der Waals surface area contributed by atoms with Gasteiger partial charge in [-0.05, 0) is 60.2 Å². The minimum Gasteiger partial charge on any atom is -0.480 e. The van der Waals surface area contributed by atoms with Crippen LogP contribution in [0.4, 0.5) is 13.2 Å². The van der Waals surface area contributed by atoms with E-state index in [-0.39, 0.29) is 29.2 Å². The van der Waals surface area contributed by atoms with Gasteiger partial charge in [-0.2, -0.15) is 24.9 Å². The number of alkyl halides is 3. The Morgan fingerprint density at radius 2 is 1.71 bits per heavy atom. The molecule has 1 heterocycles. The molecule has 2 atom stereocenters. The molecule has 0 saturated heterocycles. The van der Waals surface area contributed by atoms with Crippen LogP contribution in [0, 0.1) is 0 Å². The summed E-state index contributed by atoms with van der Waals surface area (Å²) in [5.74, 6) is -0.439. The molecule has 0 aliphatic carbocycles. The van der Waals surface area contributed by atoms with Crippen molar-refractivity contribution in [2.75, 3.05) is 11.5 Å². The molecule has 0 saturated carbocycles. The second kappa shape index (κ2) is 10.5. The van der Waals surface area contributed by atoms with Gasteiger partial charge in [-0.25, -0.2) is 4.79 Å². The van der Waals surface area contributed by atoms with Crippen molar-refractivity contribution in [3.05, 3.63) is 70.6 Å². The van der Waals surface area contributed by atoms with E-state index in [1.807, 2.05) is 0 Å². The van der Waals surface area contributed by atoms with Gasteiger partial charge in [0.1, 0.15) is 23.1 Å². The Morgan fingerprint density at radius 3 is 2.35 bits per heavy atom. The first-order valence-electron chi connectivity index (χ1n) is 10.2. The molecule has 2 unspecified atom stereocenters. The monoisotopic (exact) mass is 497 g/mol. The van der Waals surface area contributed by atoms with Crippen molar-refractivity contribution in [3.63, 3.8) is 0 Å². The van der Waals surface area contributed by atoms with Crippen LogP contribution >= 0.6 is 11.8 Å². The Kier molecular flexibility index (Phi) is 7.90. The van der Waals surface area contributed by atoms with E-state index in [0.29, 0.717) is 16.7 Å². The highest BCUT2D eigenvalue weighted by Crippen LogP contribution is 2.43. The van der Waals surface area contributed by atoms with Crippen LogP contribution in [-0.2, 0) is 10.4 Å². The predicted molar refractivity (Wildman–Crippen MR) is 121 cm³/mol. The molecular formula is C23H22F3NO6S. The van der Waals surface area contributed by atoms with E-state index < -0.39 is 35.8 Å². The summed E-state index contributed by atoms with van der Waals surface area (Å²) in [5.41, 5.74) is 1.72. The lowest BCUT2D eigenvalue weighted by molar-refractivity contribution is -0.267. The number of thioether (sulfide) groups is 1. The van der Waals surface area contributed by atoms with Crippen molar-refractivity contribution >= 4 is 28.7 Å². The molecule has 7 nitrogen and oxygen atoms in total. The number of hydrogen-bond acceptors (Lipinski definition) is 7. The van der Waals surface area contributed by atoms with Gasteiger partial charge in [-0.3, -0.25) is 4.79 Å². The summed E-state index contributed by atoms with van der Waals surface area (Å²) in [6.07, 6.45) is -5.44. The number of benzene rings is 2. The fraction of sp³-hybridized carbons (Fsp3) is 0.304. The van der Waals surface area contributed by atoms with E-state index in [1.54, 1.807) is 18.2 Å². The van der Waals surface area contributed by atoms with Gasteiger partial charge in [-0.15, -0.1) is 0 Å². The minimum absolute atomic E-state index is 0.0527. The first-order chi connectivity index (χ1) is 16.0. The van der Waals surface area contributed by atoms with Gasteiger partial charge in [0.15, 0.2) is 5.60 Å². The molecule has 34 heavy (non-hydrogen) atoms. The van der Waals surface area contributed by atoms with E-state index in [4.69, 9.17) is 20.0 Å². The zero-order chi connectivity index (χ0) is 24.9. The Bertz CT molecular complexity index is 1200. The van der Waals surface area contributed by atoms with E-state index in [2.05, 4.69) is 0 Å². The largest absolute Gasteiger partial charge is 0.480 e. The maximum atomic E-state index is 13.7. The highest BCUT2D eigenvalue weighted by atomic mass is 32.2. The molecule has 0 radical (unpaired) electrons. The number of rotatable bonds is 10. The Balaban J connectivity index is 1.69. The van der Waals surface area contributed by atoms with Crippen molar-refractivity contribution in [2.45, 2.75) is 30.7 Å². The Labute approximate surface area is 196 Å². The highest BCUT2D eigenvalue weighted by Gasteiger charge is 2.54. The molecule has 3 aromatic rings.